The fourth-order valence-corrected chi connectivity index (χ4v) is 3.65. The zero-order valence-electron chi connectivity index (χ0n) is 16.7. The Labute approximate surface area is 167 Å². The summed E-state index contributed by atoms with van der Waals surface area (Å²) >= 11 is 0. The van der Waals surface area contributed by atoms with E-state index in [0.29, 0.717) is 12.5 Å². The van der Waals surface area contributed by atoms with Gasteiger partial charge in [0, 0.05) is 36.5 Å². The Kier molecular flexibility index (Phi) is 6.80. The van der Waals surface area contributed by atoms with E-state index in [0.717, 1.165) is 36.9 Å². The molecule has 5 heteroatoms. The molecule has 2 aromatic rings. The van der Waals surface area contributed by atoms with Gasteiger partial charge >= 0.3 is 0 Å². The molecule has 3 rings (SSSR count). The summed E-state index contributed by atoms with van der Waals surface area (Å²) in [6, 6.07) is 11.9. The summed E-state index contributed by atoms with van der Waals surface area (Å²) in [6.07, 6.45) is 6.49. The van der Waals surface area contributed by atoms with Crippen molar-refractivity contribution >= 4 is 17.5 Å². The minimum Gasteiger partial charge on any atom is -0.352 e. The number of hydrogen-bond donors (Lipinski definition) is 2. The van der Waals surface area contributed by atoms with Crippen LogP contribution < -0.4 is 10.6 Å². The molecule has 2 N–H and O–H groups in total. The molecule has 0 bridgehead atoms. The Hall–Kier alpha value is -2.69. The van der Waals surface area contributed by atoms with Gasteiger partial charge in [-0.3, -0.25) is 14.6 Å². The van der Waals surface area contributed by atoms with Crippen molar-refractivity contribution in [2.75, 3.05) is 5.32 Å². The smallest absolute Gasteiger partial charge is 0.227 e. The topological polar surface area (TPSA) is 71.1 Å². The molecule has 0 radical (unpaired) electrons. The first-order valence-electron chi connectivity index (χ1n) is 10.1. The van der Waals surface area contributed by atoms with Crippen LogP contribution in [0.15, 0.2) is 48.8 Å². The average Bonchev–Trinajstić information content (AvgIpc) is 2.73. The SMILES string of the molecule is CC(C)c1ccc(NC(=O)C2CCC(C(=O)NCc3cccnc3)CC2)cc1. The summed E-state index contributed by atoms with van der Waals surface area (Å²) in [7, 11) is 0. The summed E-state index contributed by atoms with van der Waals surface area (Å²) < 4.78 is 0. The van der Waals surface area contributed by atoms with Crippen LogP contribution in [0.25, 0.3) is 0 Å². The molecule has 148 valence electrons. The normalized spacial score (nSPS) is 19.2. The van der Waals surface area contributed by atoms with E-state index in [1.807, 2.05) is 24.3 Å². The Morgan fingerprint density at radius 1 is 1.00 bits per heavy atom. The van der Waals surface area contributed by atoms with Gasteiger partial charge in [-0.25, -0.2) is 0 Å². The Morgan fingerprint density at radius 3 is 2.21 bits per heavy atom. The van der Waals surface area contributed by atoms with Crippen LogP contribution in [0.3, 0.4) is 0 Å². The molecule has 0 aliphatic heterocycles. The monoisotopic (exact) mass is 379 g/mol. The molecular formula is C23H29N3O2. The molecule has 0 unspecified atom stereocenters. The molecule has 5 nitrogen and oxygen atoms in total. The molecular weight excluding hydrogens is 350 g/mol. The highest BCUT2D eigenvalue weighted by Gasteiger charge is 2.29. The lowest BCUT2D eigenvalue weighted by Gasteiger charge is -2.27. The van der Waals surface area contributed by atoms with Gasteiger partial charge < -0.3 is 10.6 Å². The molecule has 0 atom stereocenters. The summed E-state index contributed by atoms with van der Waals surface area (Å²) in [5, 5.41) is 6.01. The molecule has 2 amide bonds. The van der Waals surface area contributed by atoms with E-state index >= 15 is 0 Å². The fourth-order valence-electron chi connectivity index (χ4n) is 3.65. The van der Waals surface area contributed by atoms with E-state index in [4.69, 9.17) is 0 Å². The number of hydrogen-bond acceptors (Lipinski definition) is 3. The van der Waals surface area contributed by atoms with E-state index in [2.05, 4.69) is 41.6 Å². The minimum atomic E-state index is -0.0212. The molecule has 1 saturated carbocycles. The quantitative estimate of drug-likeness (QED) is 0.787. The number of anilines is 1. The first kappa shape index (κ1) is 20.1. The van der Waals surface area contributed by atoms with Crippen molar-refractivity contribution in [3.05, 3.63) is 59.9 Å². The zero-order valence-corrected chi connectivity index (χ0v) is 16.7. The highest BCUT2D eigenvalue weighted by molar-refractivity contribution is 5.92. The van der Waals surface area contributed by atoms with E-state index in [-0.39, 0.29) is 23.7 Å². The van der Waals surface area contributed by atoms with Gasteiger partial charge in [-0.2, -0.15) is 0 Å². The largest absolute Gasteiger partial charge is 0.352 e. The van der Waals surface area contributed by atoms with Gasteiger partial charge in [0.05, 0.1) is 0 Å². The number of nitrogens with one attached hydrogen (secondary N) is 2. The molecule has 0 saturated heterocycles. The molecule has 1 aliphatic rings. The summed E-state index contributed by atoms with van der Waals surface area (Å²) in [5.74, 6) is 0.584. The van der Waals surface area contributed by atoms with Crippen molar-refractivity contribution in [1.82, 2.24) is 10.3 Å². The summed E-state index contributed by atoms with van der Waals surface area (Å²) in [6.45, 7) is 4.80. The van der Waals surface area contributed by atoms with Crippen LogP contribution in [-0.4, -0.2) is 16.8 Å². The van der Waals surface area contributed by atoms with Crippen LogP contribution in [0.1, 0.15) is 56.6 Å². The maximum atomic E-state index is 12.6. The molecule has 28 heavy (non-hydrogen) atoms. The maximum Gasteiger partial charge on any atom is 0.227 e. The number of benzene rings is 1. The van der Waals surface area contributed by atoms with E-state index < -0.39 is 0 Å². The second-order valence-corrected chi connectivity index (χ2v) is 7.89. The van der Waals surface area contributed by atoms with E-state index in [9.17, 15) is 9.59 Å². The van der Waals surface area contributed by atoms with Crippen LogP contribution in [0.2, 0.25) is 0 Å². The van der Waals surface area contributed by atoms with Gasteiger partial charge in [0.25, 0.3) is 0 Å². The standard InChI is InChI=1S/C23H29N3O2/c1-16(2)18-9-11-21(12-10-18)26-23(28)20-7-5-19(6-8-20)22(27)25-15-17-4-3-13-24-14-17/h3-4,9-14,16,19-20H,5-8,15H2,1-2H3,(H,25,27)(H,26,28). The van der Waals surface area contributed by atoms with Gasteiger partial charge in [0.2, 0.25) is 11.8 Å². The average molecular weight is 380 g/mol. The third-order valence-electron chi connectivity index (χ3n) is 5.50. The van der Waals surface area contributed by atoms with Crippen LogP contribution in [0.4, 0.5) is 5.69 Å². The number of amides is 2. The maximum absolute atomic E-state index is 12.6. The summed E-state index contributed by atoms with van der Waals surface area (Å²) in [4.78, 5) is 29.0. The van der Waals surface area contributed by atoms with Gasteiger partial charge in [-0.1, -0.05) is 32.0 Å². The van der Waals surface area contributed by atoms with Crippen LogP contribution >= 0.6 is 0 Å². The highest BCUT2D eigenvalue weighted by atomic mass is 16.2. The summed E-state index contributed by atoms with van der Waals surface area (Å²) in [5.41, 5.74) is 3.09. The highest BCUT2D eigenvalue weighted by Crippen LogP contribution is 2.30. The van der Waals surface area contributed by atoms with Gasteiger partial charge in [0.15, 0.2) is 0 Å². The number of carbonyl (C=O) groups is 2. The van der Waals surface area contributed by atoms with Gasteiger partial charge in [-0.15, -0.1) is 0 Å². The van der Waals surface area contributed by atoms with Crippen molar-refractivity contribution in [3.8, 4) is 0 Å². The van der Waals surface area contributed by atoms with Crippen LogP contribution in [-0.2, 0) is 16.1 Å². The third kappa shape index (κ3) is 5.41. The fraction of sp³-hybridized carbons (Fsp3) is 0.435. The van der Waals surface area contributed by atoms with Crippen molar-refractivity contribution in [2.45, 2.75) is 52.0 Å². The number of carbonyl (C=O) groups excluding carboxylic acids is 2. The Morgan fingerprint density at radius 2 is 1.64 bits per heavy atom. The number of pyridine rings is 1. The van der Waals surface area contributed by atoms with Crippen molar-refractivity contribution in [2.24, 2.45) is 11.8 Å². The number of rotatable bonds is 6. The Balaban J connectivity index is 1.43. The molecule has 1 aromatic carbocycles. The molecule has 1 aliphatic carbocycles. The van der Waals surface area contributed by atoms with Crippen LogP contribution in [0, 0.1) is 11.8 Å². The number of aromatic nitrogens is 1. The van der Waals surface area contributed by atoms with E-state index in [1.165, 1.54) is 5.56 Å². The van der Waals surface area contributed by atoms with Gasteiger partial charge in [-0.05, 0) is 60.9 Å². The molecule has 1 aromatic heterocycles. The predicted molar refractivity (Wildman–Crippen MR) is 111 cm³/mol. The molecule has 1 fully saturated rings. The van der Waals surface area contributed by atoms with Crippen molar-refractivity contribution < 1.29 is 9.59 Å². The second-order valence-electron chi connectivity index (χ2n) is 7.89. The number of nitrogens with zero attached hydrogens (tertiary/aromatic N) is 1. The molecule has 0 spiro atoms. The zero-order chi connectivity index (χ0) is 19.9. The second kappa shape index (κ2) is 9.49. The predicted octanol–water partition coefficient (Wildman–Crippen LogP) is 4.27. The lowest BCUT2D eigenvalue weighted by molar-refractivity contribution is -0.128. The van der Waals surface area contributed by atoms with Crippen molar-refractivity contribution in [1.29, 1.82) is 0 Å². The van der Waals surface area contributed by atoms with E-state index in [1.54, 1.807) is 12.4 Å². The van der Waals surface area contributed by atoms with Gasteiger partial charge in [0.1, 0.15) is 0 Å². The third-order valence-corrected chi connectivity index (χ3v) is 5.50. The Bertz CT molecular complexity index is 779. The lowest BCUT2D eigenvalue weighted by Crippen LogP contribution is -2.35. The first-order valence-corrected chi connectivity index (χ1v) is 10.1. The van der Waals surface area contributed by atoms with Crippen molar-refractivity contribution in [3.63, 3.8) is 0 Å². The first-order chi connectivity index (χ1) is 13.5. The minimum absolute atomic E-state index is 0.00829. The van der Waals surface area contributed by atoms with Crippen LogP contribution in [0.5, 0.6) is 0 Å². The molecule has 1 heterocycles. The lowest BCUT2D eigenvalue weighted by atomic mass is 9.81.